The molecule has 1 aliphatic heterocycles. The minimum Gasteiger partial charge on any atom is -0.381 e. The Morgan fingerprint density at radius 1 is 1.26 bits per heavy atom. The minimum atomic E-state index is 0. The van der Waals surface area contributed by atoms with Gasteiger partial charge in [-0.05, 0) is 41.0 Å². The summed E-state index contributed by atoms with van der Waals surface area (Å²) in [6.07, 6.45) is 1.16. The second-order valence-corrected chi connectivity index (χ2v) is 6.77. The van der Waals surface area contributed by atoms with Crippen LogP contribution in [-0.2, 0) is 4.74 Å². The topological polar surface area (TPSA) is 40.1 Å². The molecule has 0 bridgehead atoms. The smallest absolute Gasteiger partial charge is 0.193 e. The van der Waals surface area contributed by atoms with Gasteiger partial charge in [0, 0.05) is 51.3 Å². The molecule has 1 atom stereocenters. The van der Waals surface area contributed by atoms with E-state index in [1.807, 2.05) is 0 Å². The molecular formula is C17H37IN4O. The molecule has 0 aromatic rings. The molecule has 1 heterocycles. The van der Waals surface area contributed by atoms with Crippen LogP contribution in [-0.4, -0.2) is 74.3 Å². The first-order valence-corrected chi connectivity index (χ1v) is 8.78. The Morgan fingerprint density at radius 2 is 1.91 bits per heavy atom. The highest BCUT2D eigenvalue weighted by Gasteiger charge is 2.19. The molecule has 1 N–H and O–H groups in total. The fourth-order valence-corrected chi connectivity index (χ4v) is 3.05. The first-order chi connectivity index (χ1) is 10.5. The zero-order valence-electron chi connectivity index (χ0n) is 15.8. The van der Waals surface area contributed by atoms with Crippen LogP contribution in [0.25, 0.3) is 0 Å². The molecule has 1 unspecified atom stereocenters. The van der Waals surface area contributed by atoms with Crippen LogP contribution in [0.1, 0.15) is 41.0 Å². The van der Waals surface area contributed by atoms with Crippen molar-refractivity contribution in [2.75, 3.05) is 46.4 Å². The zero-order valence-corrected chi connectivity index (χ0v) is 18.2. The third kappa shape index (κ3) is 8.54. The molecule has 138 valence electrons. The molecule has 1 fully saturated rings. The minimum absolute atomic E-state index is 0. The number of guanidine groups is 1. The van der Waals surface area contributed by atoms with Crippen molar-refractivity contribution in [3.8, 4) is 0 Å². The van der Waals surface area contributed by atoms with Crippen molar-refractivity contribution in [1.82, 2.24) is 15.1 Å². The van der Waals surface area contributed by atoms with Crippen molar-refractivity contribution in [2.45, 2.75) is 53.1 Å². The molecule has 6 heteroatoms. The van der Waals surface area contributed by atoms with E-state index in [2.05, 4.69) is 56.8 Å². The second kappa shape index (κ2) is 12.3. The lowest BCUT2D eigenvalue weighted by Gasteiger charge is -2.30. The van der Waals surface area contributed by atoms with Gasteiger partial charge in [-0.15, -0.1) is 24.0 Å². The maximum absolute atomic E-state index is 5.47. The molecule has 1 saturated heterocycles. The fourth-order valence-electron chi connectivity index (χ4n) is 3.05. The monoisotopic (exact) mass is 440 g/mol. The Kier molecular flexibility index (Phi) is 12.3. The Morgan fingerprint density at radius 3 is 2.39 bits per heavy atom. The van der Waals surface area contributed by atoms with Gasteiger partial charge in [0.25, 0.3) is 0 Å². The van der Waals surface area contributed by atoms with Gasteiger partial charge in [0.1, 0.15) is 0 Å². The van der Waals surface area contributed by atoms with E-state index < -0.39 is 0 Å². The van der Waals surface area contributed by atoms with E-state index in [1.165, 1.54) is 0 Å². The third-order valence-corrected chi connectivity index (χ3v) is 4.20. The summed E-state index contributed by atoms with van der Waals surface area (Å²) in [4.78, 5) is 9.54. The van der Waals surface area contributed by atoms with Gasteiger partial charge in [0.2, 0.25) is 0 Å². The number of hydrogen-bond acceptors (Lipinski definition) is 3. The first kappa shape index (κ1) is 22.9. The van der Waals surface area contributed by atoms with E-state index in [9.17, 15) is 0 Å². The summed E-state index contributed by atoms with van der Waals surface area (Å²) in [6.45, 7) is 16.7. The maximum Gasteiger partial charge on any atom is 0.193 e. The Hall–Kier alpha value is -0.0800. The normalized spacial score (nSPS) is 18.7. The molecule has 0 aromatic carbocycles. The maximum atomic E-state index is 5.47. The summed E-state index contributed by atoms with van der Waals surface area (Å²) in [5, 5.41) is 3.41. The summed E-state index contributed by atoms with van der Waals surface area (Å²) in [5.41, 5.74) is 0. The van der Waals surface area contributed by atoms with Crippen molar-refractivity contribution in [3.05, 3.63) is 0 Å². The lowest BCUT2D eigenvalue weighted by atomic mass is 10.1. The highest BCUT2D eigenvalue weighted by atomic mass is 127. The molecule has 1 aliphatic rings. The molecule has 0 spiro atoms. The number of hydrogen-bond donors (Lipinski definition) is 1. The summed E-state index contributed by atoms with van der Waals surface area (Å²) in [5.74, 6) is 1.65. The Bertz CT molecular complexity index is 323. The van der Waals surface area contributed by atoms with Gasteiger partial charge >= 0.3 is 0 Å². The second-order valence-electron chi connectivity index (χ2n) is 6.77. The number of halogens is 1. The summed E-state index contributed by atoms with van der Waals surface area (Å²) >= 11 is 0. The van der Waals surface area contributed by atoms with Crippen LogP contribution in [0.3, 0.4) is 0 Å². The molecule has 0 aromatic heterocycles. The van der Waals surface area contributed by atoms with E-state index in [4.69, 9.17) is 9.73 Å². The summed E-state index contributed by atoms with van der Waals surface area (Å²) in [6, 6.07) is 1.12. The van der Waals surface area contributed by atoms with Gasteiger partial charge in [-0.3, -0.25) is 9.89 Å². The largest absolute Gasteiger partial charge is 0.381 e. The highest BCUT2D eigenvalue weighted by Crippen LogP contribution is 2.13. The van der Waals surface area contributed by atoms with Crippen LogP contribution in [0.2, 0.25) is 0 Å². The predicted octanol–water partition coefficient (Wildman–Crippen LogP) is 2.66. The lowest BCUT2D eigenvalue weighted by molar-refractivity contribution is 0.179. The predicted molar refractivity (Wildman–Crippen MR) is 110 cm³/mol. The van der Waals surface area contributed by atoms with Crippen LogP contribution in [0.5, 0.6) is 0 Å². The van der Waals surface area contributed by atoms with Crippen LogP contribution in [0.15, 0.2) is 4.99 Å². The van der Waals surface area contributed by atoms with E-state index in [0.29, 0.717) is 18.0 Å². The summed E-state index contributed by atoms with van der Waals surface area (Å²) in [7, 11) is 2.13. The lowest BCUT2D eigenvalue weighted by Crippen LogP contribution is -2.43. The molecule has 0 saturated carbocycles. The standard InChI is InChI=1S/C17H36N4O.HI/c1-7-18-17(20(6)12-16-8-11-22-13-16)19-9-10-21(14(2)3)15(4)5;/h14-16H,7-13H2,1-6H3,(H,18,19);1H. The average Bonchev–Trinajstić information content (AvgIpc) is 2.94. The van der Waals surface area contributed by atoms with Crippen LogP contribution in [0.4, 0.5) is 0 Å². The number of aliphatic imine (C=N–C) groups is 1. The number of rotatable bonds is 8. The average molecular weight is 440 g/mol. The molecular weight excluding hydrogens is 403 g/mol. The van der Waals surface area contributed by atoms with Crippen molar-refractivity contribution in [3.63, 3.8) is 0 Å². The molecule has 0 aliphatic carbocycles. The molecule has 5 nitrogen and oxygen atoms in total. The van der Waals surface area contributed by atoms with Crippen molar-refractivity contribution in [2.24, 2.45) is 10.9 Å². The Labute approximate surface area is 160 Å². The number of nitrogens with one attached hydrogen (secondary N) is 1. The van der Waals surface area contributed by atoms with Crippen molar-refractivity contribution < 1.29 is 4.74 Å². The quantitative estimate of drug-likeness (QED) is 0.358. The highest BCUT2D eigenvalue weighted by molar-refractivity contribution is 14.0. The van der Waals surface area contributed by atoms with Gasteiger partial charge in [-0.1, -0.05) is 0 Å². The van der Waals surface area contributed by atoms with Crippen molar-refractivity contribution in [1.29, 1.82) is 0 Å². The Balaban J connectivity index is 0.00000484. The zero-order chi connectivity index (χ0) is 16.5. The summed E-state index contributed by atoms with van der Waals surface area (Å²) < 4.78 is 5.47. The fraction of sp³-hybridized carbons (Fsp3) is 0.941. The van der Waals surface area contributed by atoms with Gasteiger partial charge in [0.05, 0.1) is 13.2 Å². The van der Waals surface area contributed by atoms with E-state index in [-0.39, 0.29) is 24.0 Å². The number of nitrogens with zero attached hydrogens (tertiary/aromatic N) is 3. The first-order valence-electron chi connectivity index (χ1n) is 8.78. The van der Waals surface area contributed by atoms with E-state index in [1.54, 1.807) is 0 Å². The van der Waals surface area contributed by atoms with Gasteiger partial charge in [-0.2, -0.15) is 0 Å². The van der Waals surface area contributed by atoms with Crippen molar-refractivity contribution >= 4 is 29.9 Å². The number of ether oxygens (including phenoxy) is 1. The molecule has 1 rings (SSSR count). The van der Waals surface area contributed by atoms with Gasteiger partial charge in [0.15, 0.2) is 5.96 Å². The van der Waals surface area contributed by atoms with Gasteiger partial charge in [-0.25, -0.2) is 0 Å². The molecule has 23 heavy (non-hydrogen) atoms. The molecule has 0 amide bonds. The van der Waals surface area contributed by atoms with Crippen LogP contribution >= 0.6 is 24.0 Å². The SMILES string of the molecule is CCNC(=NCCN(C(C)C)C(C)C)N(C)CC1CCOC1.I. The van der Waals surface area contributed by atoms with Gasteiger partial charge < -0.3 is 15.0 Å². The van der Waals surface area contributed by atoms with Crippen LogP contribution < -0.4 is 5.32 Å². The van der Waals surface area contributed by atoms with Crippen LogP contribution in [0, 0.1) is 5.92 Å². The van der Waals surface area contributed by atoms with E-state index >= 15 is 0 Å². The van der Waals surface area contributed by atoms with E-state index in [0.717, 1.165) is 51.8 Å². The molecule has 0 radical (unpaired) electrons. The third-order valence-electron chi connectivity index (χ3n) is 4.20.